The number of halogens is 3. The van der Waals surface area contributed by atoms with Gasteiger partial charge >= 0.3 is 0 Å². The summed E-state index contributed by atoms with van der Waals surface area (Å²) in [4.78, 5) is 7.90. The molecule has 0 aromatic carbocycles. The standard InChI is InChI=1S/C12H16F2N4O.HI/c1-2-4-17-12(15)18-7-9-3-5-16-11(6-9)19-8-10(13)14;/h2-3,5-6,10H,1,4,7-8H2,(H3,15,17,18);1H. The molecule has 0 aliphatic heterocycles. The number of guanidine groups is 1. The molecule has 0 aliphatic rings. The van der Waals surface area contributed by atoms with E-state index in [0.29, 0.717) is 13.1 Å². The number of rotatable bonds is 7. The van der Waals surface area contributed by atoms with E-state index >= 15 is 0 Å². The lowest BCUT2D eigenvalue weighted by Crippen LogP contribution is -2.31. The quantitative estimate of drug-likeness (QED) is 0.319. The Morgan fingerprint density at radius 3 is 3.00 bits per heavy atom. The Hall–Kier alpha value is -1.45. The van der Waals surface area contributed by atoms with Gasteiger partial charge in [0, 0.05) is 18.8 Å². The zero-order valence-corrected chi connectivity index (χ0v) is 13.1. The van der Waals surface area contributed by atoms with Gasteiger partial charge < -0.3 is 15.8 Å². The fraction of sp³-hybridized carbons (Fsp3) is 0.333. The normalized spacial score (nSPS) is 10.8. The maximum Gasteiger partial charge on any atom is 0.272 e. The van der Waals surface area contributed by atoms with E-state index in [1.807, 2.05) is 0 Å². The first-order chi connectivity index (χ1) is 9.11. The molecule has 0 amide bonds. The Labute approximate surface area is 133 Å². The zero-order chi connectivity index (χ0) is 14.1. The van der Waals surface area contributed by atoms with Gasteiger partial charge in [-0.15, -0.1) is 30.6 Å². The number of hydrogen-bond donors (Lipinski definition) is 2. The smallest absolute Gasteiger partial charge is 0.272 e. The molecule has 0 saturated carbocycles. The lowest BCUT2D eigenvalue weighted by atomic mass is 10.3. The van der Waals surface area contributed by atoms with Crippen LogP contribution >= 0.6 is 24.0 Å². The number of hydrogen-bond acceptors (Lipinski definition) is 3. The highest BCUT2D eigenvalue weighted by Gasteiger charge is 2.04. The fourth-order valence-corrected chi connectivity index (χ4v) is 1.19. The topological polar surface area (TPSA) is 72.5 Å². The fourth-order valence-electron chi connectivity index (χ4n) is 1.19. The monoisotopic (exact) mass is 398 g/mol. The van der Waals surface area contributed by atoms with Crippen LogP contribution in [0.25, 0.3) is 0 Å². The molecule has 1 aromatic heterocycles. The highest BCUT2D eigenvalue weighted by molar-refractivity contribution is 14.0. The maximum absolute atomic E-state index is 12.0. The van der Waals surface area contributed by atoms with Gasteiger partial charge in [-0.1, -0.05) is 6.08 Å². The molecule has 0 radical (unpaired) electrons. The Balaban J connectivity index is 0.00000361. The number of nitrogens with one attached hydrogen (secondary N) is 1. The summed E-state index contributed by atoms with van der Waals surface area (Å²) < 4.78 is 28.8. The van der Waals surface area contributed by atoms with Gasteiger partial charge in [0.15, 0.2) is 12.6 Å². The highest BCUT2D eigenvalue weighted by atomic mass is 127. The minimum Gasteiger partial charge on any atom is -0.472 e. The van der Waals surface area contributed by atoms with Gasteiger partial charge in [0.2, 0.25) is 5.88 Å². The van der Waals surface area contributed by atoms with Crippen LogP contribution in [0.4, 0.5) is 8.78 Å². The third-order valence-electron chi connectivity index (χ3n) is 2.02. The maximum atomic E-state index is 12.0. The SMILES string of the molecule is C=CCNC(N)=NCc1ccnc(OCC(F)F)c1.I. The number of aliphatic imine (C=N–C) groups is 1. The van der Waals surface area contributed by atoms with E-state index in [4.69, 9.17) is 10.5 Å². The van der Waals surface area contributed by atoms with Crippen molar-refractivity contribution in [3.8, 4) is 5.88 Å². The Morgan fingerprint density at radius 1 is 1.60 bits per heavy atom. The second-order valence-electron chi connectivity index (χ2n) is 3.58. The molecule has 20 heavy (non-hydrogen) atoms. The van der Waals surface area contributed by atoms with Crippen LogP contribution in [0.15, 0.2) is 36.0 Å². The number of nitrogens with two attached hydrogens (primary N) is 1. The van der Waals surface area contributed by atoms with Crippen molar-refractivity contribution in [1.82, 2.24) is 10.3 Å². The molecule has 112 valence electrons. The first-order valence-electron chi connectivity index (χ1n) is 5.62. The average Bonchev–Trinajstić information content (AvgIpc) is 2.41. The van der Waals surface area contributed by atoms with Crippen molar-refractivity contribution in [3.63, 3.8) is 0 Å². The number of ether oxygens (including phenoxy) is 1. The van der Waals surface area contributed by atoms with E-state index in [1.54, 1.807) is 18.2 Å². The molecule has 0 atom stereocenters. The molecule has 0 fully saturated rings. The second kappa shape index (κ2) is 10.4. The molecule has 0 spiro atoms. The molecule has 8 heteroatoms. The molecular formula is C12H17F2IN4O. The number of nitrogens with zero attached hydrogens (tertiary/aromatic N) is 2. The summed E-state index contributed by atoms with van der Waals surface area (Å²) >= 11 is 0. The zero-order valence-electron chi connectivity index (χ0n) is 10.8. The van der Waals surface area contributed by atoms with E-state index in [0.717, 1.165) is 5.56 Å². The Kier molecular flexibility index (Phi) is 9.60. The van der Waals surface area contributed by atoms with Gasteiger partial charge in [-0.05, 0) is 11.6 Å². The van der Waals surface area contributed by atoms with E-state index in [2.05, 4.69) is 21.9 Å². The van der Waals surface area contributed by atoms with E-state index < -0.39 is 13.0 Å². The lowest BCUT2D eigenvalue weighted by molar-refractivity contribution is 0.0795. The Morgan fingerprint density at radius 2 is 2.35 bits per heavy atom. The number of pyridine rings is 1. The van der Waals surface area contributed by atoms with E-state index in [1.165, 1.54) is 6.20 Å². The largest absolute Gasteiger partial charge is 0.472 e. The summed E-state index contributed by atoms with van der Waals surface area (Å²) in [5.74, 6) is 0.428. The van der Waals surface area contributed by atoms with Gasteiger partial charge in [0.1, 0.15) is 0 Å². The molecule has 0 saturated heterocycles. The number of alkyl halides is 2. The minimum absolute atomic E-state index is 0. The van der Waals surface area contributed by atoms with Crippen molar-refractivity contribution in [3.05, 3.63) is 36.5 Å². The van der Waals surface area contributed by atoms with Crippen LogP contribution in [0.2, 0.25) is 0 Å². The van der Waals surface area contributed by atoms with Crippen LogP contribution in [-0.4, -0.2) is 30.5 Å². The summed E-state index contributed by atoms with van der Waals surface area (Å²) in [5, 5.41) is 2.82. The first-order valence-corrected chi connectivity index (χ1v) is 5.62. The van der Waals surface area contributed by atoms with Gasteiger partial charge in [0.05, 0.1) is 6.54 Å². The average molecular weight is 398 g/mol. The van der Waals surface area contributed by atoms with Gasteiger partial charge in [0.25, 0.3) is 6.43 Å². The predicted molar refractivity (Wildman–Crippen MR) is 84.7 cm³/mol. The summed E-state index contributed by atoms with van der Waals surface area (Å²) in [6, 6.07) is 3.26. The van der Waals surface area contributed by atoms with E-state index in [9.17, 15) is 8.78 Å². The van der Waals surface area contributed by atoms with Gasteiger partial charge in [-0.2, -0.15) is 0 Å². The van der Waals surface area contributed by atoms with E-state index in [-0.39, 0.29) is 35.8 Å². The molecule has 5 nitrogen and oxygen atoms in total. The first kappa shape index (κ1) is 18.6. The van der Waals surface area contributed by atoms with Crippen molar-refractivity contribution in [2.24, 2.45) is 10.7 Å². The van der Waals surface area contributed by atoms with Crippen LogP contribution in [0, 0.1) is 0 Å². The third-order valence-corrected chi connectivity index (χ3v) is 2.02. The lowest BCUT2D eigenvalue weighted by Gasteiger charge is -2.06. The van der Waals surface area contributed by atoms with Crippen LogP contribution < -0.4 is 15.8 Å². The van der Waals surface area contributed by atoms with Crippen LogP contribution in [0.1, 0.15) is 5.56 Å². The molecule has 3 N–H and O–H groups in total. The van der Waals surface area contributed by atoms with Crippen LogP contribution in [-0.2, 0) is 6.54 Å². The second-order valence-corrected chi connectivity index (χ2v) is 3.58. The van der Waals surface area contributed by atoms with Crippen molar-refractivity contribution in [1.29, 1.82) is 0 Å². The van der Waals surface area contributed by atoms with Gasteiger partial charge in [-0.25, -0.2) is 18.8 Å². The van der Waals surface area contributed by atoms with Crippen LogP contribution in [0.3, 0.4) is 0 Å². The van der Waals surface area contributed by atoms with Crippen molar-refractivity contribution in [2.75, 3.05) is 13.2 Å². The van der Waals surface area contributed by atoms with Crippen molar-refractivity contribution in [2.45, 2.75) is 13.0 Å². The third kappa shape index (κ3) is 7.87. The summed E-state index contributed by atoms with van der Waals surface area (Å²) in [7, 11) is 0. The summed E-state index contributed by atoms with van der Waals surface area (Å²) in [6.07, 6.45) is 0.603. The predicted octanol–water partition coefficient (Wildman–Crippen LogP) is 1.93. The minimum atomic E-state index is -2.53. The van der Waals surface area contributed by atoms with Crippen LogP contribution in [0.5, 0.6) is 5.88 Å². The van der Waals surface area contributed by atoms with Crippen molar-refractivity contribution >= 4 is 29.9 Å². The summed E-state index contributed by atoms with van der Waals surface area (Å²) in [5.41, 5.74) is 6.36. The number of aromatic nitrogens is 1. The molecular weight excluding hydrogens is 381 g/mol. The molecule has 1 rings (SSSR count). The molecule has 1 heterocycles. The molecule has 0 aliphatic carbocycles. The highest BCUT2D eigenvalue weighted by Crippen LogP contribution is 2.11. The molecule has 1 aromatic rings. The Bertz CT molecular complexity index is 443. The molecule has 0 unspecified atom stereocenters. The van der Waals surface area contributed by atoms with Crippen molar-refractivity contribution < 1.29 is 13.5 Å². The molecule has 0 bridgehead atoms. The van der Waals surface area contributed by atoms with Gasteiger partial charge in [-0.3, -0.25) is 0 Å². The summed E-state index contributed by atoms with van der Waals surface area (Å²) in [6.45, 7) is 3.69.